The van der Waals surface area contributed by atoms with Gasteiger partial charge in [-0.15, -0.1) is 0 Å². The van der Waals surface area contributed by atoms with Gasteiger partial charge < -0.3 is 10.1 Å². The van der Waals surface area contributed by atoms with E-state index < -0.39 is 5.97 Å². The summed E-state index contributed by atoms with van der Waals surface area (Å²) in [6, 6.07) is 1.29. The highest BCUT2D eigenvalue weighted by Gasteiger charge is 2.09. The zero-order valence-electron chi connectivity index (χ0n) is 6.22. The Bertz CT molecular complexity index is 383. The minimum absolute atomic E-state index is 0.0986. The fraction of sp³-hybridized carbons (Fsp3) is 0.143. The van der Waals surface area contributed by atoms with E-state index in [1.54, 1.807) is 0 Å². The zero-order valence-corrected chi connectivity index (χ0v) is 7.81. The summed E-state index contributed by atoms with van der Waals surface area (Å²) < 4.78 is 0.227. The van der Waals surface area contributed by atoms with Crippen LogP contribution in [0.4, 0.5) is 0 Å². The molecule has 1 aromatic rings. The maximum Gasteiger partial charge on any atom is 0.337 e. The molecule has 1 rings (SSSR count). The topological polar surface area (TPSA) is 70.2 Å². The smallest absolute Gasteiger partial charge is 0.337 e. The number of hydrogen-bond donors (Lipinski definition) is 2. The average Bonchev–Trinajstić information content (AvgIpc) is 1.96. The number of aromatic nitrogens is 1. The lowest BCUT2D eigenvalue weighted by molar-refractivity contribution is 0.0695. The van der Waals surface area contributed by atoms with Gasteiger partial charge in [0, 0.05) is 5.69 Å². The Hall–Kier alpha value is -1.10. The average molecular weight is 232 g/mol. The number of aromatic carboxylic acids is 1. The third-order valence-electron chi connectivity index (χ3n) is 1.42. The van der Waals surface area contributed by atoms with E-state index in [4.69, 9.17) is 5.11 Å². The van der Waals surface area contributed by atoms with Crippen molar-refractivity contribution in [1.29, 1.82) is 0 Å². The molecule has 0 aliphatic heterocycles. The summed E-state index contributed by atoms with van der Waals surface area (Å²) in [6.45, 7) is 1.54. The predicted molar refractivity (Wildman–Crippen MR) is 46.5 cm³/mol. The molecule has 0 aliphatic carbocycles. The third kappa shape index (κ3) is 1.55. The molecule has 12 heavy (non-hydrogen) atoms. The Morgan fingerprint density at radius 1 is 1.67 bits per heavy atom. The Labute approximate surface area is 76.4 Å². The Balaban J connectivity index is 3.43. The minimum atomic E-state index is -1.05. The highest BCUT2D eigenvalue weighted by molar-refractivity contribution is 9.10. The van der Waals surface area contributed by atoms with E-state index in [0.717, 1.165) is 0 Å². The molecule has 0 spiro atoms. The summed E-state index contributed by atoms with van der Waals surface area (Å²) in [6.07, 6.45) is 0. The van der Waals surface area contributed by atoms with Crippen LogP contribution in [0.3, 0.4) is 0 Å². The van der Waals surface area contributed by atoms with Crippen LogP contribution in [0, 0.1) is 6.92 Å². The van der Waals surface area contributed by atoms with Gasteiger partial charge in [0.05, 0.1) is 10.0 Å². The number of aryl methyl sites for hydroxylation is 1. The molecule has 0 saturated heterocycles. The van der Waals surface area contributed by atoms with Crippen molar-refractivity contribution < 1.29 is 9.90 Å². The molecule has 0 bridgehead atoms. The summed E-state index contributed by atoms with van der Waals surface area (Å²) in [4.78, 5) is 23.9. The molecule has 5 heteroatoms. The molecule has 1 heterocycles. The summed E-state index contributed by atoms with van der Waals surface area (Å²) in [7, 11) is 0. The van der Waals surface area contributed by atoms with E-state index in [0.29, 0.717) is 5.69 Å². The molecule has 0 aliphatic rings. The number of carbonyl (C=O) groups is 1. The van der Waals surface area contributed by atoms with Gasteiger partial charge in [-0.05, 0) is 28.9 Å². The van der Waals surface area contributed by atoms with Gasteiger partial charge in [-0.3, -0.25) is 4.79 Å². The van der Waals surface area contributed by atoms with Crippen LogP contribution < -0.4 is 5.56 Å². The summed E-state index contributed by atoms with van der Waals surface area (Å²) in [5.41, 5.74) is 0.134. The van der Waals surface area contributed by atoms with Gasteiger partial charge in [-0.25, -0.2) is 4.79 Å². The number of hydrogen-bond acceptors (Lipinski definition) is 2. The molecule has 4 nitrogen and oxygen atoms in total. The van der Waals surface area contributed by atoms with Crippen molar-refractivity contribution in [3.63, 3.8) is 0 Å². The number of pyridine rings is 1. The quantitative estimate of drug-likeness (QED) is 0.762. The molecular weight excluding hydrogens is 226 g/mol. The van der Waals surface area contributed by atoms with E-state index in [-0.39, 0.29) is 15.6 Å². The van der Waals surface area contributed by atoms with E-state index in [1.165, 1.54) is 13.0 Å². The number of nitrogens with one attached hydrogen (secondary N) is 1. The van der Waals surface area contributed by atoms with Crippen LogP contribution in [0.5, 0.6) is 0 Å². The first-order chi connectivity index (χ1) is 5.52. The van der Waals surface area contributed by atoms with Crippen molar-refractivity contribution >= 4 is 21.9 Å². The molecular formula is C7H6BrNO3. The van der Waals surface area contributed by atoms with Crippen molar-refractivity contribution in [1.82, 2.24) is 4.98 Å². The molecule has 0 saturated carbocycles. The van der Waals surface area contributed by atoms with Gasteiger partial charge in [0.25, 0.3) is 5.56 Å². The molecule has 0 amide bonds. The Morgan fingerprint density at radius 3 is 2.75 bits per heavy atom. The summed E-state index contributed by atoms with van der Waals surface area (Å²) in [5.74, 6) is -1.05. The fourth-order valence-electron chi connectivity index (χ4n) is 0.820. The molecule has 0 aromatic carbocycles. The summed E-state index contributed by atoms with van der Waals surface area (Å²) in [5, 5.41) is 8.64. The molecule has 0 fully saturated rings. The Morgan fingerprint density at radius 2 is 2.25 bits per heavy atom. The number of H-pyrrole nitrogens is 1. The number of aromatic amines is 1. The van der Waals surface area contributed by atoms with Gasteiger partial charge in [-0.2, -0.15) is 0 Å². The lowest BCUT2D eigenvalue weighted by Crippen LogP contribution is -2.12. The van der Waals surface area contributed by atoms with E-state index in [2.05, 4.69) is 20.9 Å². The lowest BCUT2D eigenvalue weighted by Gasteiger charge is -1.99. The van der Waals surface area contributed by atoms with Crippen molar-refractivity contribution in [2.45, 2.75) is 6.92 Å². The van der Waals surface area contributed by atoms with Crippen molar-refractivity contribution in [3.05, 3.63) is 32.2 Å². The van der Waals surface area contributed by atoms with Gasteiger partial charge in [-0.1, -0.05) is 0 Å². The highest BCUT2D eigenvalue weighted by Crippen LogP contribution is 2.08. The lowest BCUT2D eigenvalue weighted by atomic mass is 10.2. The standard InChI is InChI=1S/C7H6BrNO3/c1-3-4(7(11)12)2-5(8)6(10)9-3/h2H,1H3,(H,9,10)(H,11,12). The van der Waals surface area contributed by atoms with Crippen LogP contribution in [0.25, 0.3) is 0 Å². The van der Waals surface area contributed by atoms with E-state index in [9.17, 15) is 9.59 Å². The Kier molecular flexibility index (Phi) is 2.32. The van der Waals surface area contributed by atoms with Crippen LogP contribution in [0.2, 0.25) is 0 Å². The van der Waals surface area contributed by atoms with Crippen molar-refractivity contribution in [2.75, 3.05) is 0 Å². The first-order valence-corrected chi connectivity index (χ1v) is 3.94. The number of rotatable bonds is 1. The molecule has 0 radical (unpaired) electrons. The first-order valence-electron chi connectivity index (χ1n) is 3.15. The van der Waals surface area contributed by atoms with Crippen LogP contribution >= 0.6 is 15.9 Å². The van der Waals surface area contributed by atoms with Crippen LogP contribution in [-0.4, -0.2) is 16.1 Å². The number of halogens is 1. The molecule has 0 atom stereocenters. The monoisotopic (exact) mass is 231 g/mol. The van der Waals surface area contributed by atoms with E-state index >= 15 is 0 Å². The van der Waals surface area contributed by atoms with Crippen molar-refractivity contribution in [2.24, 2.45) is 0 Å². The molecule has 1 aromatic heterocycles. The number of carboxylic acids is 1. The first kappa shape index (κ1) is 8.99. The highest BCUT2D eigenvalue weighted by atomic mass is 79.9. The fourth-order valence-corrected chi connectivity index (χ4v) is 1.15. The minimum Gasteiger partial charge on any atom is -0.478 e. The second-order valence-electron chi connectivity index (χ2n) is 2.29. The van der Waals surface area contributed by atoms with Crippen LogP contribution in [0.15, 0.2) is 15.3 Å². The van der Waals surface area contributed by atoms with Gasteiger partial charge >= 0.3 is 5.97 Å². The van der Waals surface area contributed by atoms with E-state index in [1.807, 2.05) is 0 Å². The third-order valence-corrected chi connectivity index (χ3v) is 2.01. The van der Waals surface area contributed by atoms with Gasteiger partial charge in [0.15, 0.2) is 0 Å². The SMILES string of the molecule is Cc1[nH]c(=O)c(Br)cc1C(=O)O. The van der Waals surface area contributed by atoms with Crippen LogP contribution in [0.1, 0.15) is 16.1 Å². The second kappa shape index (κ2) is 3.10. The van der Waals surface area contributed by atoms with Gasteiger partial charge in [0.1, 0.15) is 0 Å². The van der Waals surface area contributed by atoms with Crippen molar-refractivity contribution in [3.8, 4) is 0 Å². The molecule has 0 unspecified atom stereocenters. The molecule has 2 N–H and O–H groups in total. The second-order valence-corrected chi connectivity index (χ2v) is 3.14. The largest absolute Gasteiger partial charge is 0.478 e. The maximum absolute atomic E-state index is 10.9. The zero-order chi connectivity index (χ0) is 9.30. The maximum atomic E-state index is 10.9. The predicted octanol–water partition coefficient (Wildman–Crippen LogP) is 1.14. The normalized spacial score (nSPS) is 9.83. The number of carboxylic acid groups (broad SMARTS) is 1. The molecule has 64 valence electrons. The van der Waals surface area contributed by atoms with Crippen LogP contribution in [-0.2, 0) is 0 Å². The summed E-state index contributed by atoms with van der Waals surface area (Å²) >= 11 is 2.94. The van der Waals surface area contributed by atoms with Gasteiger partial charge in [0.2, 0.25) is 0 Å².